The zero-order valence-corrected chi connectivity index (χ0v) is 11.7. The number of fused-ring (bicyclic) bond motifs is 1. The molecule has 0 aromatic heterocycles. The van der Waals surface area contributed by atoms with Gasteiger partial charge in [-0.2, -0.15) is 13.5 Å². The van der Waals surface area contributed by atoms with Gasteiger partial charge >= 0.3 is 0 Å². The van der Waals surface area contributed by atoms with Crippen LogP contribution in [-0.4, -0.2) is 25.8 Å². The molecule has 2 aliphatic rings. The highest BCUT2D eigenvalue weighted by Gasteiger charge is 2.60. The molecule has 1 aromatic rings. The number of rotatable bonds is 3. The van der Waals surface area contributed by atoms with Gasteiger partial charge in [0, 0.05) is 0 Å². The van der Waals surface area contributed by atoms with Crippen molar-refractivity contribution in [3.63, 3.8) is 0 Å². The Morgan fingerprint density at radius 2 is 2.05 bits per heavy atom. The van der Waals surface area contributed by atoms with Crippen molar-refractivity contribution in [2.24, 2.45) is 5.10 Å². The molecule has 1 aromatic carbocycles. The minimum atomic E-state index is -3.59. The first kappa shape index (κ1) is 12.6. The van der Waals surface area contributed by atoms with Crippen molar-refractivity contribution >= 4 is 15.7 Å². The van der Waals surface area contributed by atoms with Crippen LogP contribution in [0.15, 0.2) is 34.3 Å². The highest BCUT2D eigenvalue weighted by atomic mass is 32.2. The fourth-order valence-electron chi connectivity index (χ4n) is 2.42. The molecule has 1 N–H and O–H groups in total. The van der Waals surface area contributed by atoms with E-state index in [9.17, 15) is 8.42 Å². The first-order valence-corrected chi connectivity index (χ1v) is 7.73. The van der Waals surface area contributed by atoms with Crippen LogP contribution in [0.5, 0.6) is 0 Å². The zero-order chi connectivity index (χ0) is 13.7. The van der Waals surface area contributed by atoms with E-state index >= 15 is 0 Å². The minimum absolute atomic E-state index is 0.218. The van der Waals surface area contributed by atoms with Crippen LogP contribution in [0, 0.1) is 6.92 Å². The Balaban J connectivity index is 1.79. The van der Waals surface area contributed by atoms with Crippen LogP contribution < -0.4 is 4.83 Å². The molecule has 6 heteroatoms. The lowest BCUT2D eigenvalue weighted by molar-refractivity contribution is 0.333. The maximum absolute atomic E-state index is 12.1. The predicted molar refractivity (Wildman–Crippen MR) is 71.4 cm³/mol. The number of nitrogens with one attached hydrogen (secondary N) is 1. The summed E-state index contributed by atoms with van der Waals surface area (Å²) in [5, 5.41) is 4.04. The Morgan fingerprint density at radius 3 is 2.58 bits per heavy atom. The number of ether oxygens (including phenoxy) is 1. The topological polar surface area (TPSA) is 71.1 Å². The summed E-state index contributed by atoms with van der Waals surface area (Å²) in [6.07, 6.45) is 1.93. The standard InChI is InChI=1S/C13H16N2O3S/c1-9-3-5-10(6-4-9)19(16,17)15-14-11-7-8-12-13(11,2)18-12/h3-6,12,15H,7-8H2,1-2H3/b14-11+/t12-,13+/m0/s1. The number of epoxide rings is 1. The molecular formula is C13H16N2O3S. The monoisotopic (exact) mass is 280 g/mol. The molecule has 102 valence electrons. The van der Waals surface area contributed by atoms with Crippen molar-refractivity contribution < 1.29 is 13.2 Å². The largest absolute Gasteiger partial charge is 0.360 e. The number of hydrogen-bond acceptors (Lipinski definition) is 4. The molecule has 5 nitrogen and oxygen atoms in total. The van der Waals surface area contributed by atoms with Gasteiger partial charge in [-0.1, -0.05) is 17.7 Å². The molecule has 2 fully saturated rings. The molecule has 3 rings (SSSR count). The molecule has 0 spiro atoms. The number of sulfonamides is 1. The van der Waals surface area contributed by atoms with Gasteiger partial charge < -0.3 is 4.74 Å². The van der Waals surface area contributed by atoms with Crippen LogP contribution in [0.25, 0.3) is 0 Å². The van der Waals surface area contributed by atoms with Crippen LogP contribution >= 0.6 is 0 Å². The molecule has 0 amide bonds. The molecule has 19 heavy (non-hydrogen) atoms. The van der Waals surface area contributed by atoms with E-state index in [4.69, 9.17) is 4.74 Å². The van der Waals surface area contributed by atoms with E-state index in [1.807, 2.05) is 13.8 Å². The van der Waals surface area contributed by atoms with Gasteiger partial charge in [-0.15, -0.1) is 0 Å². The number of nitrogens with zero attached hydrogens (tertiary/aromatic N) is 1. The lowest BCUT2D eigenvalue weighted by Crippen LogP contribution is -2.25. The predicted octanol–water partition coefficient (Wildman–Crippen LogP) is 1.58. The zero-order valence-electron chi connectivity index (χ0n) is 10.9. The van der Waals surface area contributed by atoms with E-state index in [0.29, 0.717) is 0 Å². The van der Waals surface area contributed by atoms with Crippen molar-refractivity contribution in [3.8, 4) is 0 Å². The number of aryl methyl sites for hydroxylation is 1. The van der Waals surface area contributed by atoms with Crippen molar-refractivity contribution in [1.29, 1.82) is 0 Å². The van der Waals surface area contributed by atoms with Crippen LogP contribution in [0.4, 0.5) is 0 Å². The second-order valence-corrected chi connectivity index (χ2v) is 6.88. The molecule has 1 heterocycles. The normalized spacial score (nSPS) is 31.3. The summed E-state index contributed by atoms with van der Waals surface area (Å²) < 4.78 is 29.6. The molecule has 1 saturated heterocycles. The molecule has 2 atom stereocenters. The summed E-state index contributed by atoms with van der Waals surface area (Å²) in [6.45, 7) is 3.86. The Bertz CT molecular complexity index is 634. The molecule has 0 radical (unpaired) electrons. The van der Waals surface area contributed by atoms with Crippen LogP contribution in [-0.2, 0) is 14.8 Å². The number of hydrazone groups is 1. The Morgan fingerprint density at radius 1 is 1.37 bits per heavy atom. The Hall–Kier alpha value is -1.40. The van der Waals surface area contributed by atoms with Gasteiger partial charge in [0.05, 0.1) is 16.7 Å². The van der Waals surface area contributed by atoms with Gasteiger partial charge in [-0.3, -0.25) is 0 Å². The molecule has 0 unspecified atom stereocenters. The maximum Gasteiger partial charge on any atom is 0.276 e. The van der Waals surface area contributed by atoms with Crippen molar-refractivity contribution in [2.75, 3.05) is 0 Å². The SMILES string of the molecule is Cc1ccc(S(=O)(=O)N/N=C2\CC[C@@H]3O[C@]23C)cc1. The van der Waals surface area contributed by atoms with Gasteiger partial charge in [-0.05, 0) is 38.8 Å². The Kier molecular flexibility index (Phi) is 2.69. The summed E-state index contributed by atoms with van der Waals surface area (Å²) in [7, 11) is -3.59. The third kappa shape index (κ3) is 2.15. The average molecular weight is 280 g/mol. The van der Waals surface area contributed by atoms with E-state index in [-0.39, 0.29) is 16.6 Å². The summed E-state index contributed by atoms with van der Waals surface area (Å²) in [6, 6.07) is 6.67. The molecular weight excluding hydrogens is 264 g/mol. The first-order chi connectivity index (χ1) is 8.92. The summed E-state index contributed by atoms with van der Waals surface area (Å²) in [5.74, 6) is 0. The average Bonchev–Trinajstić information content (AvgIpc) is 2.92. The van der Waals surface area contributed by atoms with E-state index in [0.717, 1.165) is 24.1 Å². The molecule has 0 bridgehead atoms. The van der Waals surface area contributed by atoms with Crippen molar-refractivity contribution in [1.82, 2.24) is 4.83 Å². The third-order valence-corrected chi connectivity index (χ3v) is 5.02. The van der Waals surface area contributed by atoms with Crippen LogP contribution in [0.3, 0.4) is 0 Å². The van der Waals surface area contributed by atoms with Gasteiger partial charge in [0.15, 0.2) is 0 Å². The van der Waals surface area contributed by atoms with Crippen molar-refractivity contribution in [2.45, 2.75) is 43.3 Å². The van der Waals surface area contributed by atoms with Gasteiger partial charge in [-0.25, -0.2) is 4.83 Å². The van der Waals surface area contributed by atoms with Gasteiger partial charge in [0.25, 0.3) is 10.0 Å². The fourth-order valence-corrected chi connectivity index (χ4v) is 3.25. The number of hydrogen-bond donors (Lipinski definition) is 1. The first-order valence-electron chi connectivity index (χ1n) is 6.25. The maximum atomic E-state index is 12.1. The third-order valence-electron chi connectivity index (χ3n) is 3.79. The molecule has 1 saturated carbocycles. The molecule has 1 aliphatic carbocycles. The van der Waals surface area contributed by atoms with E-state index in [1.165, 1.54) is 0 Å². The second kappa shape index (κ2) is 4.05. The van der Waals surface area contributed by atoms with Gasteiger partial charge in [0.2, 0.25) is 0 Å². The quantitative estimate of drug-likeness (QED) is 0.675. The summed E-state index contributed by atoms with van der Waals surface area (Å²) in [4.78, 5) is 2.52. The fraction of sp³-hybridized carbons (Fsp3) is 0.462. The highest BCUT2D eigenvalue weighted by Crippen LogP contribution is 2.47. The van der Waals surface area contributed by atoms with Crippen molar-refractivity contribution in [3.05, 3.63) is 29.8 Å². The lowest BCUT2D eigenvalue weighted by atomic mass is 10.1. The molecule has 1 aliphatic heterocycles. The number of benzene rings is 1. The summed E-state index contributed by atoms with van der Waals surface area (Å²) in [5.41, 5.74) is 1.46. The minimum Gasteiger partial charge on any atom is -0.360 e. The lowest BCUT2D eigenvalue weighted by Gasteiger charge is -2.08. The Labute approximate surface area is 112 Å². The smallest absolute Gasteiger partial charge is 0.276 e. The van der Waals surface area contributed by atoms with Gasteiger partial charge in [0.1, 0.15) is 5.60 Å². The van der Waals surface area contributed by atoms with E-state index in [2.05, 4.69) is 9.93 Å². The van der Waals surface area contributed by atoms with Crippen LogP contribution in [0.1, 0.15) is 25.3 Å². The van der Waals surface area contributed by atoms with Crippen LogP contribution in [0.2, 0.25) is 0 Å². The van der Waals surface area contributed by atoms with E-state index < -0.39 is 10.0 Å². The van der Waals surface area contributed by atoms with E-state index in [1.54, 1.807) is 24.3 Å². The highest BCUT2D eigenvalue weighted by molar-refractivity contribution is 7.89. The summed E-state index contributed by atoms with van der Waals surface area (Å²) >= 11 is 0. The second-order valence-electron chi connectivity index (χ2n) is 5.22.